The Balaban J connectivity index is 1.39. The van der Waals surface area contributed by atoms with Crippen molar-refractivity contribution in [1.29, 1.82) is 0 Å². The zero-order valence-corrected chi connectivity index (χ0v) is 14.2. The molecule has 6 nitrogen and oxygen atoms in total. The predicted octanol–water partition coefficient (Wildman–Crippen LogP) is 2.80. The normalized spacial score (nSPS) is 17.4. The molecular formula is C19H19FN4O2. The minimum Gasteiger partial charge on any atom is -0.493 e. The van der Waals surface area contributed by atoms with E-state index in [4.69, 9.17) is 4.74 Å². The molecule has 0 N–H and O–H groups in total. The largest absolute Gasteiger partial charge is 0.493 e. The Labute approximate surface area is 150 Å². The molecule has 1 amide bonds. The van der Waals surface area contributed by atoms with E-state index in [1.54, 1.807) is 35.0 Å². The molecule has 0 spiro atoms. The lowest BCUT2D eigenvalue weighted by Gasteiger charge is -2.32. The molecule has 1 aliphatic rings. The molecule has 134 valence electrons. The average molecular weight is 354 g/mol. The van der Waals surface area contributed by atoms with Crippen molar-refractivity contribution in [3.05, 3.63) is 60.4 Å². The van der Waals surface area contributed by atoms with Gasteiger partial charge in [-0.05, 0) is 43.2 Å². The van der Waals surface area contributed by atoms with Crippen molar-refractivity contribution in [2.24, 2.45) is 5.92 Å². The van der Waals surface area contributed by atoms with Crippen LogP contribution in [0.3, 0.4) is 0 Å². The van der Waals surface area contributed by atoms with Crippen LogP contribution in [0.1, 0.15) is 23.3 Å². The molecule has 1 saturated heterocycles. The van der Waals surface area contributed by atoms with Gasteiger partial charge in [-0.1, -0.05) is 0 Å². The quantitative estimate of drug-likeness (QED) is 0.723. The highest BCUT2D eigenvalue weighted by molar-refractivity contribution is 5.92. The van der Waals surface area contributed by atoms with Gasteiger partial charge in [0.1, 0.15) is 17.3 Å². The van der Waals surface area contributed by atoms with Crippen LogP contribution < -0.4 is 4.74 Å². The summed E-state index contributed by atoms with van der Waals surface area (Å²) >= 11 is 0. The molecule has 0 bridgehead atoms. The summed E-state index contributed by atoms with van der Waals surface area (Å²) in [4.78, 5) is 23.0. The van der Waals surface area contributed by atoms with Gasteiger partial charge in [0.05, 0.1) is 6.61 Å². The number of hydrogen-bond donors (Lipinski definition) is 0. The molecule has 0 saturated carbocycles. The molecule has 0 radical (unpaired) electrons. The Bertz CT molecular complexity index is 876. The maximum atomic E-state index is 12.9. The minimum atomic E-state index is -0.284. The predicted molar refractivity (Wildman–Crippen MR) is 93.5 cm³/mol. The summed E-state index contributed by atoms with van der Waals surface area (Å²) < 4.78 is 20.4. The number of piperidine rings is 1. The number of nitrogens with zero attached hydrogens (tertiary/aromatic N) is 4. The number of benzene rings is 1. The number of fused-ring (bicyclic) bond motifs is 1. The second kappa shape index (κ2) is 7.11. The molecule has 0 aliphatic carbocycles. The fourth-order valence-corrected chi connectivity index (χ4v) is 3.23. The molecule has 1 atom stereocenters. The van der Waals surface area contributed by atoms with Crippen LogP contribution in [-0.4, -0.2) is 44.9 Å². The van der Waals surface area contributed by atoms with E-state index in [0.29, 0.717) is 36.9 Å². The highest BCUT2D eigenvalue weighted by atomic mass is 19.1. The van der Waals surface area contributed by atoms with Crippen LogP contribution in [0.4, 0.5) is 4.39 Å². The van der Waals surface area contributed by atoms with Crippen LogP contribution in [0.2, 0.25) is 0 Å². The first-order valence-corrected chi connectivity index (χ1v) is 8.66. The van der Waals surface area contributed by atoms with E-state index in [9.17, 15) is 9.18 Å². The SMILES string of the molecule is O=C(c1cn2cccnc2n1)N1CCCC(COc2ccc(F)cc2)C1. The fourth-order valence-electron chi connectivity index (χ4n) is 3.23. The number of halogens is 1. The molecule has 2 aromatic heterocycles. The zero-order valence-electron chi connectivity index (χ0n) is 14.2. The van der Waals surface area contributed by atoms with E-state index in [0.717, 1.165) is 12.8 Å². The third-order valence-electron chi connectivity index (χ3n) is 4.56. The third kappa shape index (κ3) is 3.51. The number of amides is 1. The van der Waals surface area contributed by atoms with Crippen LogP contribution in [0.5, 0.6) is 5.75 Å². The molecule has 3 heterocycles. The van der Waals surface area contributed by atoms with Crippen LogP contribution >= 0.6 is 0 Å². The van der Waals surface area contributed by atoms with Gasteiger partial charge in [0.25, 0.3) is 5.91 Å². The summed E-state index contributed by atoms with van der Waals surface area (Å²) in [5, 5.41) is 0. The number of carbonyl (C=O) groups excluding carboxylic acids is 1. The van der Waals surface area contributed by atoms with Crippen LogP contribution in [0, 0.1) is 11.7 Å². The van der Waals surface area contributed by atoms with Crippen molar-refractivity contribution in [2.75, 3.05) is 19.7 Å². The van der Waals surface area contributed by atoms with Gasteiger partial charge in [0.15, 0.2) is 0 Å². The Morgan fingerprint density at radius 2 is 2.15 bits per heavy atom. The summed E-state index contributed by atoms with van der Waals surface area (Å²) in [5.41, 5.74) is 0.406. The highest BCUT2D eigenvalue weighted by Crippen LogP contribution is 2.20. The topological polar surface area (TPSA) is 59.7 Å². The van der Waals surface area contributed by atoms with Crippen LogP contribution in [-0.2, 0) is 0 Å². The summed E-state index contributed by atoms with van der Waals surface area (Å²) in [6.45, 7) is 1.84. The van der Waals surface area contributed by atoms with Gasteiger partial charge >= 0.3 is 0 Å². The lowest BCUT2D eigenvalue weighted by Crippen LogP contribution is -2.41. The van der Waals surface area contributed by atoms with Crippen molar-refractivity contribution in [3.8, 4) is 5.75 Å². The van der Waals surface area contributed by atoms with Crippen LogP contribution in [0.25, 0.3) is 5.78 Å². The van der Waals surface area contributed by atoms with Crippen molar-refractivity contribution in [2.45, 2.75) is 12.8 Å². The Hall–Kier alpha value is -2.96. The minimum absolute atomic E-state index is 0.0815. The summed E-state index contributed by atoms with van der Waals surface area (Å²) in [6, 6.07) is 7.79. The summed E-state index contributed by atoms with van der Waals surface area (Å²) in [7, 11) is 0. The maximum Gasteiger partial charge on any atom is 0.274 e. The molecule has 4 rings (SSSR count). The molecule has 1 unspecified atom stereocenters. The van der Waals surface area contributed by atoms with Crippen molar-refractivity contribution in [1.82, 2.24) is 19.3 Å². The molecule has 7 heteroatoms. The van der Waals surface area contributed by atoms with Gasteiger partial charge < -0.3 is 9.64 Å². The second-order valence-corrected chi connectivity index (χ2v) is 6.48. The lowest BCUT2D eigenvalue weighted by atomic mass is 9.98. The molecule has 3 aromatic rings. The second-order valence-electron chi connectivity index (χ2n) is 6.48. The number of ether oxygens (including phenoxy) is 1. The Kier molecular flexibility index (Phi) is 4.51. The van der Waals surface area contributed by atoms with E-state index in [-0.39, 0.29) is 17.6 Å². The lowest BCUT2D eigenvalue weighted by molar-refractivity contribution is 0.0628. The summed E-state index contributed by atoms with van der Waals surface area (Å²) in [5.74, 6) is 1.04. The van der Waals surface area contributed by atoms with E-state index < -0.39 is 0 Å². The molecule has 26 heavy (non-hydrogen) atoms. The number of carbonyl (C=O) groups is 1. The standard InChI is InChI=1S/C19H19FN4O2/c20-15-4-6-16(7-5-15)26-13-14-3-1-9-23(11-14)18(25)17-12-24-10-2-8-21-19(24)22-17/h2,4-8,10,12,14H,1,3,9,11,13H2. The van der Waals surface area contributed by atoms with E-state index in [2.05, 4.69) is 9.97 Å². The first-order valence-electron chi connectivity index (χ1n) is 8.66. The van der Waals surface area contributed by atoms with Crippen molar-refractivity contribution >= 4 is 11.7 Å². The molecular weight excluding hydrogens is 335 g/mol. The molecule has 1 aromatic carbocycles. The fraction of sp³-hybridized carbons (Fsp3) is 0.316. The number of hydrogen-bond acceptors (Lipinski definition) is 4. The monoisotopic (exact) mass is 354 g/mol. The zero-order chi connectivity index (χ0) is 17.9. The maximum absolute atomic E-state index is 12.9. The van der Waals surface area contributed by atoms with E-state index >= 15 is 0 Å². The first-order chi connectivity index (χ1) is 12.7. The van der Waals surface area contributed by atoms with Gasteiger partial charge in [0, 0.05) is 37.6 Å². The summed E-state index contributed by atoms with van der Waals surface area (Å²) in [6.07, 6.45) is 7.11. The van der Waals surface area contributed by atoms with Gasteiger partial charge in [-0.25, -0.2) is 14.4 Å². The Morgan fingerprint density at radius 1 is 1.31 bits per heavy atom. The van der Waals surface area contributed by atoms with Gasteiger partial charge in [-0.3, -0.25) is 9.20 Å². The van der Waals surface area contributed by atoms with Crippen molar-refractivity contribution < 1.29 is 13.9 Å². The van der Waals surface area contributed by atoms with E-state index in [1.165, 1.54) is 12.1 Å². The van der Waals surface area contributed by atoms with Crippen molar-refractivity contribution in [3.63, 3.8) is 0 Å². The first kappa shape index (κ1) is 16.5. The van der Waals surface area contributed by atoms with Gasteiger partial charge in [-0.2, -0.15) is 0 Å². The van der Waals surface area contributed by atoms with E-state index in [1.807, 2.05) is 11.1 Å². The number of imidazole rings is 1. The number of aromatic nitrogens is 3. The van der Waals surface area contributed by atoms with Gasteiger partial charge in [0.2, 0.25) is 5.78 Å². The van der Waals surface area contributed by atoms with Crippen LogP contribution in [0.15, 0.2) is 48.9 Å². The van der Waals surface area contributed by atoms with Gasteiger partial charge in [-0.15, -0.1) is 0 Å². The highest BCUT2D eigenvalue weighted by Gasteiger charge is 2.26. The smallest absolute Gasteiger partial charge is 0.274 e. The molecule has 1 aliphatic heterocycles. The molecule has 1 fully saturated rings. The third-order valence-corrected chi connectivity index (χ3v) is 4.56. The average Bonchev–Trinajstić information content (AvgIpc) is 3.11. The Morgan fingerprint density at radius 3 is 2.96 bits per heavy atom. The number of likely N-dealkylation sites (tertiary alicyclic amines) is 1. The number of rotatable bonds is 4.